The van der Waals surface area contributed by atoms with E-state index in [1.807, 2.05) is 0 Å². The Kier molecular flexibility index (Phi) is 4.27. The molecule has 1 atom stereocenters. The highest BCUT2D eigenvalue weighted by Crippen LogP contribution is 2.36. The van der Waals surface area contributed by atoms with E-state index in [-0.39, 0.29) is 6.04 Å². The number of rotatable bonds is 2. The highest BCUT2D eigenvalue weighted by atomic mass is 19.4. The maximum absolute atomic E-state index is 12.6. The highest BCUT2D eigenvalue weighted by Gasteiger charge is 2.34. The van der Waals surface area contributed by atoms with Gasteiger partial charge in [0.2, 0.25) is 0 Å². The summed E-state index contributed by atoms with van der Waals surface area (Å²) in [5, 5.41) is 14.2. The number of benzene rings is 1. The minimum atomic E-state index is -4.57. The minimum absolute atomic E-state index is 0.250. The van der Waals surface area contributed by atoms with Crippen molar-refractivity contribution in [1.82, 2.24) is 5.32 Å². The zero-order valence-corrected chi connectivity index (χ0v) is 10.7. The van der Waals surface area contributed by atoms with Gasteiger partial charge < -0.3 is 5.32 Å². The molecule has 4 nitrogen and oxygen atoms in total. The molecule has 20 heavy (non-hydrogen) atoms. The van der Waals surface area contributed by atoms with Crippen LogP contribution in [0.1, 0.15) is 42.9 Å². The van der Waals surface area contributed by atoms with E-state index in [0.717, 1.165) is 31.9 Å². The number of hydrogen-bond donors (Lipinski definition) is 1. The standard InChI is InChI=1S/C13H15F3N2O2/c14-13(15,16)9-5-6-10(12(8-9)18(19)20)11-4-2-1-3-7-17-11/h5-6,8,11,17H,1-4,7H2. The first-order chi connectivity index (χ1) is 9.39. The van der Waals surface area contributed by atoms with Crippen molar-refractivity contribution < 1.29 is 18.1 Å². The lowest BCUT2D eigenvalue weighted by atomic mass is 9.98. The van der Waals surface area contributed by atoms with Crippen molar-refractivity contribution >= 4 is 5.69 Å². The van der Waals surface area contributed by atoms with Crippen molar-refractivity contribution in [1.29, 1.82) is 0 Å². The second-order valence-electron chi connectivity index (χ2n) is 4.88. The van der Waals surface area contributed by atoms with Gasteiger partial charge in [0.1, 0.15) is 0 Å². The molecule has 2 rings (SSSR count). The van der Waals surface area contributed by atoms with Crippen LogP contribution in [0.2, 0.25) is 0 Å². The van der Waals surface area contributed by atoms with Gasteiger partial charge in [0.25, 0.3) is 5.69 Å². The van der Waals surface area contributed by atoms with Crippen LogP contribution in [-0.4, -0.2) is 11.5 Å². The van der Waals surface area contributed by atoms with E-state index in [1.54, 1.807) is 0 Å². The first-order valence-corrected chi connectivity index (χ1v) is 6.48. The van der Waals surface area contributed by atoms with E-state index in [9.17, 15) is 23.3 Å². The van der Waals surface area contributed by atoms with E-state index in [1.165, 1.54) is 6.07 Å². The quantitative estimate of drug-likeness (QED) is 0.665. The second-order valence-corrected chi connectivity index (χ2v) is 4.88. The number of nitrogens with one attached hydrogen (secondary N) is 1. The molecule has 1 fully saturated rings. The van der Waals surface area contributed by atoms with Gasteiger partial charge in [0, 0.05) is 17.7 Å². The summed E-state index contributed by atoms with van der Waals surface area (Å²) in [6.07, 6.45) is -0.953. The predicted octanol–water partition coefficient (Wildman–Crippen LogP) is 3.82. The number of nitro groups is 1. The first-order valence-electron chi connectivity index (χ1n) is 6.48. The number of hydrogen-bond acceptors (Lipinski definition) is 3. The molecule has 0 aliphatic carbocycles. The monoisotopic (exact) mass is 288 g/mol. The Labute approximate surface area is 114 Å². The number of halogens is 3. The summed E-state index contributed by atoms with van der Waals surface area (Å²) in [7, 11) is 0. The Morgan fingerprint density at radius 1 is 1.25 bits per heavy atom. The average molecular weight is 288 g/mol. The Hall–Kier alpha value is -1.63. The van der Waals surface area contributed by atoms with Crippen LogP contribution < -0.4 is 5.32 Å². The molecule has 1 aliphatic heterocycles. The van der Waals surface area contributed by atoms with Crippen LogP contribution in [0.3, 0.4) is 0 Å². The minimum Gasteiger partial charge on any atom is -0.310 e. The molecule has 1 heterocycles. The molecule has 7 heteroatoms. The van der Waals surface area contributed by atoms with Gasteiger partial charge in [-0.2, -0.15) is 13.2 Å². The Morgan fingerprint density at radius 2 is 2.00 bits per heavy atom. The van der Waals surface area contributed by atoms with Crippen LogP contribution in [0, 0.1) is 10.1 Å². The van der Waals surface area contributed by atoms with Gasteiger partial charge in [-0.3, -0.25) is 10.1 Å². The van der Waals surface area contributed by atoms with E-state index in [0.29, 0.717) is 18.1 Å². The summed E-state index contributed by atoms with van der Waals surface area (Å²) < 4.78 is 37.9. The van der Waals surface area contributed by atoms with Crippen LogP contribution in [0.5, 0.6) is 0 Å². The molecule has 1 N–H and O–H groups in total. The maximum atomic E-state index is 12.6. The molecule has 0 aromatic heterocycles. The summed E-state index contributed by atoms with van der Waals surface area (Å²) in [6, 6.07) is 2.51. The molecule has 0 radical (unpaired) electrons. The topological polar surface area (TPSA) is 55.2 Å². The Bertz CT molecular complexity index is 495. The first kappa shape index (κ1) is 14.8. The number of nitro benzene ring substituents is 1. The molecule has 0 amide bonds. The zero-order chi connectivity index (χ0) is 14.8. The molecule has 110 valence electrons. The fourth-order valence-corrected chi connectivity index (χ4v) is 2.47. The van der Waals surface area contributed by atoms with Crippen LogP contribution in [0.25, 0.3) is 0 Å². The smallest absolute Gasteiger partial charge is 0.310 e. The third kappa shape index (κ3) is 3.27. The summed E-state index contributed by atoms with van der Waals surface area (Å²) in [4.78, 5) is 10.3. The van der Waals surface area contributed by atoms with Gasteiger partial charge in [-0.25, -0.2) is 0 Å². The van der Waals surface area contributed by atoms with Crippen molar-refractivity contribution in [2.24, 2.45) is 0 Å². The molecule has 0 saturated carbocycles. The third-order valence-corrected chi connectivity index (χ3v) is 3.49. The van der Waals surface area contributed by atoms with Gasteiger partial charge >= 0.3 is 6.18 Å². The van der Waals surface area contributed by atoms with E-state index >= 15 is 0 Å². The summed E-state index contributed by atoms with van der Waals surface area (Å²) in [5.74, 6) is 0. The molecule has 1 aromatic rings. The van der Waals surface area contributed by atoms with Gasteiger partial charge in [0.05, 0.1) is 10.5 Å². The zero-order valence-electron chi connectivity index (χ0n) is 10.7. The van der Waals surface area contributed by atoms with Gasteiger partial charge in [0.15, 0.2) is 0 Å². The van der Waals surface area contributed by atoms with Crippen molar-refractivity contribution in [2.75, 3.05) is 6.54 Å². The Morgan fingerprint density at radius 3 is 2.65 bits per heavy atom. The molecule has 1 unspecified atom stereocenters. The highest BCUT2D eigenvalue weighted by molar-refractivity contribution is 5.46. The predicted molar refractivity (Wildman–Crippen MR) is 67.3 cm³/mol. The SMILES string of the molecule is O=[N+]([O-])c1cc(C(F)(F)F)ccc1C1CCCCCN1. The van der Waals surface area contributed by atoms with Crippen molar-refractivity contribution in [3.8, 4) is 0 Å². The van der Waals surface area contributed by atoms with Crippen molar-refractivity contribution in [3.63, 3.8) is 0 Å². The van der Waals surface area contributed by atoms with Gasteiger partial charge in [-0.1, -0.05) is 12.8 Å². The lowest BCUT2D eigenvalue weighted by molar-refractivity contribution is -0.386. The molecule has 0 spiro atoms. The van der Waals surface area contributed by atoms with Crippen LogP contribution in [-0.2, 0) is 6.18 Å². The average Bonchev–Trinajstić information content (AvgIpc) is 2.65. The molecule has 1 aliphatic rings. The third-order valence-electron chi connectivity index (χ3n) is 3.49. The Balaban J connectivity index is 2.39. The van der Waals surface area contributed by atoms with Crippen molar-refractivity contribution in [3.05, 3.63) is 39.4 Å². The fraction of sp³-hybridized carbons (Fsp3) is 0.538. The van der Waals surface area contributed by atoms with Gasteiger partial charge in [-0.05, 0) is 31.5 Å². The van der Waals surface area contributed by atoms with E-state index in [2.05, 4.69) is 5.32 Å². The van der Waals surface area contributed by atoms with Crippen LogP contribution >= 0.6 is 0 Å². The largest absolute Gasteiger partial charge is 0.416 e. The normalized spacial score (nSPS) is 20.4. The molecule has 1 aromatic carbocycles. The summed E-state index contributed by atoms with van der Waals surface area (Å²) in [5.41, 5.74) is -1.11. The van der Waals surface area contributed by atoms with Crippen LogP contribution in [0.15, 0.2) is 18.2 Å². The number of nitrogens with zero attached hydrogens (tertiary/aromatic N) is 1. The molecule has 1 saturated heterocycles. The number of alkyl halides is 3. The van der Waals surface area contributed by atoms with E-state index < -0.39 is 22.4 Å². The lowest BCUT2D eigenvalue weighted by Gasteiger charge is -2.17. The van der Waals surface area contributed by atoms with Crippen LogP contribution in [0.4, 0.5) is 18.9 Å². The second kappa shape index (κ2) is 5.78. The fourth-order valence-electron chi connectivity index (χ4n) is 2.47. The summed E-state index contributed by atoms with van der Waals surface area (Å²) >= 11 is 0. The lowest BCUT2D eigenvalue weighted by Crippen LogP contribution is -2.21. The van der Waals surface area contributed by atoms with Gasteiger partial charge in [-0.15, -0.1) is 0 Å². The van der Waals surface area contributed by atoms with E-state index in [4.69, 9.17) is 0 Å². The molecular weight excluding hydrogens is 273 g/mol. The van der Waals surface area contributed by atoms with Crippen molar-refractivity contribution in [2.45, 2.75) is 37.9 Å². The summed E-state index contributed by atoms with van der Waals surface area (Å²) in [6.45, 7) is 0.725. The molecule has 0 bridgehead atoms. The maximum Gasteiger partial charge on any atom is 0.416 e. The molecular formula is C13H15F3N2O2.